The fourth-order valence-corrected chi connectivity index (χ4v) is 3.08. The molecule has 0 aliphatic rings. The number of carbonyl (C=O) groups excluding carboxylic acids is 1. The van der Waals surface area contributed by atoms with E-state index in [0.29, 0.717) is 11.1 Å². The molecule has 0 fully saturated rings. The number of hydrogen-bond acceptors (Lipinski definition) is 4. The van der Waals surface area contributed by atoms with Crippen molar-refractivity contribution in [1.29, 1.82) is 0 Å². The molecule has 0 atom stereocenters. The molecule has 0 spiro atoms. The number of aryl methyl sites for hydroxylation is 1. The Bertz CT molecular complexity index is 1240. The molecule has 0 N–H and O–H groups in total. The number of carbonyl (C=O) groups is 1. The van der Waals surface area contributed by atoms with Crippen molar-refractivity contribution in [2.75, 3.05) is 0 Å². The van der Waals surface area contributed by atoms with Gasteiger partial charge in [0.25, 0.3) is 0 Å². The molecular formula is C23H15FO4. The molecular weight excluding hydrogens is 359 g/mol. The molecule has 0 saturated heterocycles. The Morgan fingerprint density at radius 3 is 2.50 bits per heavy atom. The average Bonchev–Trinajstić information content (AvgIpc) is 2.70. The van der Waals surface area contributed by atoms with Gasteiger partial charge in [0, 0.05) is 17.0 Å². The number of fused-ring (bicyclic) bond motifs is 1. The topological polar surface area (TPSA) is 56.5 Å². The molecule has 0 bridgehead atoms. The molecule has 0 radical (unpaired) electrons. The van der Waals surface area contributed by atoms with E-state index in [2.05, 4.69) is 0 Å². The molecule has 1 aromatic heterocycles. The molecule has 28 heavy (non-hydrogen) atoms. The van der Waals surface area contributed by atoms with Crippen LogP contribution in [0.25, 0.3) is 22.1 Å². The van der Waals surface area contributed by atoms with Gasteiger partial charge in [-0.05, 0) is 48.4 Å². The monoisotopic (exact) mass is 374 g/mol. The van der Waals surface area contributed by atoms with Crippen molar-refractivity contribution >= 4 is 16.9 Å². The fourth-order valence-electron chi connectivity index (χ4n) is 3.08. The lowest BCUT2D eigenvalue weighted by atomic mass is 10.0. The van der Waals surface area contributed by atoms with Crippen molar-refractivity contribution in [3.05, 3.63) is 100 Å². The van der Waals surface area contributed by atoms with Crippen molar-refractivity contribution in [1.82, 2.24) is 0 Å². The molecule has 0 amide bonds. The Labute approximate surface area is 159 Å². The average molecular weight is 374 g/mol. The third-order valence-corrected chi connectivity index (χ3v) is 4.46. The van der Waals surface area contributed by atoms with Crippen molar-refractivity contribution in [3.8, 4) is 16.9 Å². The van der Waals surface area contributed by atoms with E-state index in [9.17, 15) is 14.0 Å². The van der Waals surface area contributed by atoms with E-state index >= 15 is 0 Å². The van der Waals surface area contributed by atoms with Crippen LogP contribution >= 0.6 is 0 Å². The first-order valence-corrected chi connectivity index (χ1v) is 8.63. The van der Waals surface area contributed by atoms with Crippen LogP contribution in [-0.4, -0.2) is 5.97 Å². The molecule has 0 aliphatic heterocycles. The zero-order chi connectivity index (χ0) is 19.7. The molecule has 3 aromatic carbocycles. The van der Waals surface area contributed by atoms with E-state index in [4.69, 9.17) is 9.15 Å². The SMILES string of the molecule is Cc1c(OC(=O)c2cccc(F)c2)ccc2c(-c3ccccc3)cc(=O)oc12. The molecule has 138 valence electrons. The van der Waals surface area contributed by atoms with Gasteiger partial charge in [-0.15, -0.1) is 0 Å². The van der Waals surface area contributed by atoms with Gasteiger partial charge >= 0.3 is 11.6 Å². The Morgan fingerprint density at radius 2 is 1.75 bits per heavy atom. The predicted molar refractivity (Wildman–Crippen MR) is 104 cm³/mol. The highest BCUT2D eigenvalue weighted by Crippen LogP contribution is 2.33. The fraction of sp³-hybridized carbons (Fsp3) is 0.0435. The van der Waals surface area contributed by atoms with Gasteiger partial charge < -0.3 is 9.15 Å². The molecule has 1 heterocycles. The number of esters is 1. The lowest BCUT2D eigenvalue weighted by Gasteiger charge is -2.11. The first kappa shape index (κ1) is 17.7. The van der Waals surface area contributed by atoms with Crippen LogP contribution in [0.5, 0.6) is 5.75 Å². The van der Waals surface area contributed by atoms with Gasteiger partial charge in [-0.1, -0.05) is 36.4 Å². The maximum Gasteiger partial charge on any atom is 0.343 e. The number of benzene rings is 3. The van der Waals surface area contributed by atoms with Crippen molar-refractivity contribution in [2.24, 2.45) is 0 Å². The third-order valence-electron chi connectivity index (χ3n) is 4.46. The van der Waals surface area contributed by atoms with E-state index in [1.165, 1.54) is 24.3 Å². The Balaban J connectivity index is 1.79. The highest BCUT2D eigenvalue weighted by Gasteiger charge is 2.16. The molecule has 0 unspecified atom stereocenters. The highest BCUT2D eigenvalue weighted by atomic mass is 19.1. The van der Waals surface area contributed by atoms with Crippen LogP contribution in [0, 0.1) is 12.7 Å². The standard InChI is InChI=1S/C23H15FO4/c1-14-20(27-23(26)16-8-5-9-17(24)12-16)11-10-18-19(13-21(25)28-22(14)18)15-6-3-2-4-7-15/h2-13H,1H3. The quantitative estimate of drug-likeness (QED) is 0.283. The van der Waals surface area contributed by atoms with Crippen LogP contribution in [-0.2, 0) is 0 Å². The number of halogens is 1. The Hall–Kier alpha value is -3.73. The molecule has 4 aromatic rings. The van der Waals surface area contributed by atoms with E-state index in [1.807, 2.05) is 30.3 Å². The summed E-state index contributed by atoms with van der Waals surface area (Å²) < 4.78 is 24.2. The summed E-state index contributed by atoms with van der Waals surface area (Å²) in [5.74, 6) is -0.971. The normalized spacial score (nSPS) is 10.8. The van der Waals surface area contributed by atoms with E-state index in [-0.39, 0.29) is 11.3 Å². The second kappa shape index (κ2) is 7.12. The maximum atomic E-state index is 13.3. The molecule has 0 aliphatic carbocycles. The van der Waals surface area contributed by atoms with Crippen LogP contribution in [0.3, 0.4) is 0 Å². The van der Waals surface area contributed by atoms with Crippen LogP contribution in [0.15, 0.2) is 82.0 Å². The third kappa shape index (κ3) is 3.30. The number of hydrogen-bond donors (Lipinski definition) is 0. The second-order valence-electron chi connectivity index (χ2n) is 6.31. The Morgan fingerprint density at radius 1 is 0.964 bits per heavy atom. The summed E-state index contributed by atoms with van der Waals surface area (Å²) >= 11 is 0. The van der Waals surface area contributed by atoms with Gasteiger partial charge in [0.05, 0.1) is 5.56 Å². The van der Waals surface area contributed by atoms with Crippen LogP contribution in [0.4, 0.5) is 4.39 Å². The largest absolute Gasteiger partial charge is 0.423 e. The lowest BCUT2D eigenvalue weighted by molar-refractivity contribution is 0.0733. The Kier molecular flexibility index (Phi) is 4.49. The summed E-state index contributed by atoms with van der Waals surface area (Å²) in [7, 11) is 0. The number of ether oxygens (including phenoxy) is 1. The highest BCUT2D eigenvalue weighted by molar-refractivity contribution is 5.97. The minimum absolute atomic E-state index is 0.0963. The lowest BCUT2D eigenvalue weighted by Crippen LogP contribution is -2.10. The van der Waals surface area contributed by atoms with Crippen molar-refractivity contribution < 1.29 is 18.3 Å². The molecule has 4 rings (SSSR count). The first-order chi connectivity index (χ1) is 13.5. The maximum absolute atomic E-state index is 13.3. The summed E-state index contributed by atoms with van der Waals surface area (Å²) in [5, 5.41) is 0.730. The van der Waals surface area contributed by atoms with Crippen LogP contribution < -0.4 is 10.4 Å². The summed E-state index contributed by atoms with van der Waals surface area (Å²) in [4.78, 5) is 24.4. The predicted octanol–water partition coefficient (Wildman–Crippen LogP) is 5.13. The van der Waals surface area contributed by atoms with E-state index in [0.717, 1.165) is 22.6 Å². The van der Waals surface area contributed by atoms with Crippen molar-refractivity contribution in [2.45, 2.75) is 6.92 Å². The summed E-state index contributed by atoms with van der Waals surface area (Å²) in [6.07, 6.45) is 0. The van der Waals surface area contributed by atoms with Gasteiger partial charge in [0.1, 0.15) is 17.1 Å². The molecule has 4 nitrogen and oxygen atoms in total. The van der Waals surface area contributed by atoms with Crippen LogP contribution in [0.2, 0.25) is 0 Å². The first-order valence-electron chi connectivity index (χ1n) is 8.63. The van der Waals surface area contributed by atoms with Gasteiger partial charge in [-0.3, -0.25) is 0 Å². The zero-order valence-corrected chi connectivity index (χ0v) is 14.9. The summed E-state index contributed by atoms with van der Waals surface area (Å²) in [5.41, 5.74) is 2.07. The smallest absolute Gasteiger partial charge is 0.343 e. The van der Waals surface area contributed by atoms with E-state index in [1.54, 1.807) is 19.1 Å². The van der Waals surface area contributed by atoms with Gasteiger partial charge in [-0.2, -0.15) is 0 Å². The van der Waals surface area contributed by atoms with Crippen LogP contribution in [0.1, 0.15) is 15.9 Å². The minimum Gasteiger partial charge on any atom is -0.423 e. The summed E-state index contributed by atoms with van der Waals surface area (Å²) in [6, 6.07) is 19.5. The van der Waals surface area contributed by atoms with Gasteiger partial charge in [-0.25, -0.2) is 14.0 Å². The molecule has 5 heteroatoms. The second-order valence-corrected chi connectivity index (χ2v) is 6.31. The van der Waals surface area contributed by atoms with Gasteiger partial charge in [0.2, 0.25) is 0 Å². The van der Waals surface area contributed by atoms with E-state index < -0.39 is 17.4 Å². The zero-order valence-electron chi connectivity index (χ0n) is 14.9. The summed E-state index contributed by atoms with van der Waals surface area (Å²) in [6.45, 7) is 1.70. The molecule has 0 saturated carbocycles. The number of rotatable bonds is 3. The van der Waals surface area contributed by atoms with Gasteiger partial charge in [0.15, 0.2) is 0 Å². The minimum atomic E-state index is -0.691. The van der Waals surface area contributed by atoms with Crippen molar-refractivity contribution in [3.63, 3.8) is 0 Å².